The van der Waals surface area contributed by atoms with Crippen molar-refractivity contribution in [3.05, 3.63) is 10.1 Å². The third kappa shape index (κ3) is 26.4. The zero-order valence-electron chi connectivity index (χ0n) is 6.55. The van der Waals surface area contributed by atoms with Crippen molar-refractivity contribution >= 4 is 0 Å². The highest BCUT2D eigenvalue weighted by atomic mass is 16.6. The number of ether oxygens (including phenoxy) is 1. The van der Waals surface area contributed by atoms with E-state index in [0.29, 0.717) is 0 Å². The Hall–Kier alpha value is -0.640. The largest absolute Gasteiger partial charge is 0.381 e. The van der Waals surface area contributed by atoms with Crippen LogP contribution in [0, 0.1) is 10.1 Å². The molecule has 0 radical (unpaired) electrons. The lowest BCUT2D eigenvalue weighted by Crippen LogP contribution is -2.53. The van der Waals surface area contributed by atoms with Gasteiger partial charge in [0, 0.05) is 18.6 Å². The van der Waals surface area contributed by atoms with Crippen LogP contribution in [0.5, 0.6) is 0 Å². The molecule has 0 rings (SSSR count). The fourth-order valence-electron chi connectivity index (χ4n) is 0.391. The van der Waals surface area contributed by atoms with Crippen LogP contribution in [0.2, 0.25) is 0 Å². The average Bonchev–Trinajstić information content (AvgIpc) is 1.91. The zero-order chi connectivity index (χ0) is 8.24. The first-order chi connectivity index (χ1) is 4.83. The summed E-state index contributed by atoms with van der Waals surface area (Å²) in [6, 6.07) is 0. The number of nitrogens with one attached hydrogen (secondary N) is 1. The monoisotopic (exact) mass is 149 g/mol. The minimum Gasteiger partial charge on any atom is -0.381 e. The molecular weight excluding hydrogens is 134 g/mol. The minimum absolute atomic E-state index is 0.250. The SMILES string of the molecule is CCCOCCC.O=[NH+][O-]. The quantitative estimate of drug-likeness (QED) is 0.351. The lowest BCUT2D eigenvalue weighted by molar-refractivity contribution is -0.398. The number of hydrogen-bond acceptors (Lipinski definition) is 3. The van der Waals surface area contributed by atoms with E-state index in [1.807, 2.05) is 0 Å². The van der Waals surface area contributed by atoms with E-state index in [9.17, 15) is 0 Å². The van der Waals surface area contributed by atoms with Gasteiger partial charge in [-0.25, -0.2) is 0 Å². The molecule has 0 amide bonds. The van der Waals surface area contributed by atoms with Crippen LogP contribution >= 0.6 is 0 Å². The molecule has 0 aliphatic rings. The minimum atomic E-state index is 0.250. The Bertz CT molecular complexity index is 55.0. The first-order valence-electron chi connectivity index (χ1n) is 3.40. The maximum Gasteiger partial charge on any atom is 0.0463 e. The Morgan fingerprint density at radius 3 is 1.80 bits per heavy atom. The average molecular weight is 149 g/mol. The summed E-state index contributed by atoms with van der Waals surface area (Å²) in [5, 5.41) is 8.38. The molecule has 10 heavy (non-hydrogen) atoms. The standard InChI is InChI=1S/C6H14O.HNO2/c1-3-5-7-6-4-2;2-1-3/h3-6H2,1-2H3;1H. The molecule has 0 heterocycles. The summed E-state index contributed by atoms with van der Waals surface area (Å²) in [5.74, 6) is 0. The van der Waals surface area contributed by atoms with Crippen molar-refractivity contribution in [3.8, 4) is 0 Å². The normalized spacial score (nSPS) is 7.80. The van der Waals surface area contributed by atoms with Gasteiger partial charge in [0.1, 0.15) is 0 Å². The first kappa shape index (κ1) is 12.1. The van der Waals surface area contributed by atoms with Crippen molar-refractivity contribution in [1.29, 1.82) is 0 Å². The molecule has 4 heteroatoms. The van der Waals surface area contributed by atoms with Crippen molar-refractivity contribution in [2.75, 3.05) is 13.2 Å². The van der Waals surface area contributed by atoms with Crippen LogP contribution in [0.3, 0.4) is 0 Å². The van der Waals surface area contributed by atoms with Crippen LogP contribution in [0.25, 0.3) is 0 Å². The van der Waals surface area contributed by atoms with E-state index in [-0.39, 0.29) is 5.34 Å². The van der Waals surface area contributed by atoms with E-state index >= 15 is 0 Å². The summed E-state index contributed by atoms with van der Waals surface area (Å²) in [6.45, 7) is 6.09. The molecule has 0 aliphatic carbocycles. The topological polar surface area (TPSA) is 63.3 Å². The maximum absolute atomic E-state index is 8.12. The van der Waals surface area contributed by atoms with Gasteiger partial charge >= 0.3 is 0 Å². The lowest BCUT2D eigenvalue weighted by atomic mass is 10.5. The third-order valence-electron chi connectivity index (χ3n) is 0.697. The first-order valence-corrected chi connectivity index (χ1v) is 3.40. The lowest BCUT2D eigenvalue weighted by Gasteiger charge is -1.95. The van der Waals surface area contributed by atoms with Gasteiger partial charge in [-0.1, -0.05) is 13.8 Å². The predicted molar refractivity (Wildman–Crippen MR) is 39.1 cm³/mol. The van der Waals surface area contributed by atoms with Gasteiger partial charge in [-0.2, -0.15) is 0 Å². The van der Waals surface area contributed by atoms with Gasteiger partial charge in [-0.05, 0) is 12.8 Å². The molecule has 0 saturated heterocycles. The highest BCUT2D eigenvalue weighted by molar-refractivity contribution is 4.25. The second kappa shape index (κ2) is 15.8. The van der Waals surface area contributed by atoms with Gasteiger partial charge in [-0.3, -0.25) is 10.1 Å². The summed E-state index contributed by atoms with van der Waals surface area (Å²) < 4.78 is 5.13. The molecule has 0 saturated carbocycles. The molecule has 0 unspecified atom stereocenters. The Morgan fingerprint density at radius 2 is 1.60 bits per heavy atom. The fourth-order valence-corrected chi connectivity index (χ4v) is 0.391. The molecular formula is C6H15NO3. The molecule has 0 fully saturated rings. The van der Waals surface area contributed by atoms with E-state index in [1.165, 1.54) is 0 Å². The summed E-state index contributed by atoms with van der Waals surface area (Å²) in [6.07, 6.45) is 2.28. The van der Waals surface area contributed by atoms with Crippen molar-refractivity contribution in [2.24, 2.45) is 0 Å². The summed E-state index contributed by atoms with van der Waals surface area (Å²) in [5.41, 5.74) is 0. The third-order valence-corrected chi connectivity index (χ3v) is 0.697. The van der Waals surface area contributed by atoms with E-state index in [1.54, 1.807) is 0 Å². The van der Waals surface area contributed by atoms with Crippen molar-refractivity contribution in [3.63, 3.8) is 0 Å². The molecule has 0 aromatic carbocycles. The Morgan fingerprint density at radius 1 is 1.30 bits per heavy atom. The van der Waals surface area contributed by atoms with Crippen LogP contribution < -0.4 is 5.34 Å². The summed E-state index contributed by atoms with van der Waals surface area (Å²) in [7, 11) is 0. The van der Waals surface area contributed by atoms with E-state index < -0.39 is 0 Å². The second-order valence-electron chi connectivity index (χ2n) is 1.70. The molecule has 62 valence electrons. The van der Waals surface area contributed by atoms with Crippen molar-refractivity contribution in [1.82, 2.24) is 0 Å². The fraction of sp³-hybridized carbons (Fsp3) is 1.00. The molecule has 4 nitrogen and oxygen atoms in total. The maximum atomic E-state index is 8.12. The van der Waals surface area contributed by atoms with Gasteiger partial charge in [0.2, 0.25) is 0 Å². The predicted octanol–water partition coefficient (Wildman–Crippen LogP) is 0.154. The van der Waals surface area contributed by atoms with E-state index in [0.717, 1.165) is 26.1 Å². The van der Waals surface area contributed by atoms with Gasteiger partial charge in [0.25, 0.3) is 0 Å². The van der Waals surface area contributed by atoms with Crippen molar-refractivity contribution < 1.29 is 10.1 Å². The van der Waals surface area contributed by atoms with Crippen LogP contribution in [-0.2, 0) is 4.74 Å². The van der Waals surface area contributed by atoms with Gasteiger partial charge in [0.05, 0.1) is 0 Å². The van der Waals surface area contributed by atoms with Crippen LogP contribution in [0.4, 0.5) is 0 Å². The molecule has 0 aromatic heterocycles. The van der Waals surface area contributed by atoms with Crippen LogP contribution in [-0.4, -0.2) is 13.2 Å². The zero-order valence-corrected chi connectivity index (χ0v) is 6.55. The summed E-state index contributed by atoms with van der Waals surface area (Å²) in [4.78, 5) is 8.12. The van der Waals surface area contributed by atoms with Gasteiger partial charge in [-0.15, -0.1) is 0 Å². The second-order valence-corrected chi connectivity index (χ2v) is 1.70. The molecule has 0 bridgehead atoms. The molecule has 0 aromatic rings. The Labute approximate surface area is 61.1 Å². The molecule has 0 atom stereocenters. The van der Waals surface area contributed by atoms with E-state index in [4.69, 9.17) is 14.9 Å². The molecule has 1 N–H and O–H groups in total. The number of hydrogen-bond donors (Lipinski definition) is 1. The summed E-state index contributed by atoms with van der Waals surface area (Å²) >= 11 is 0. The molecule has 0 spiro atoms. The highest BCUT2D eigenvalue weighted by Gasteiger charge is 1.77. The van der Waals surface area contributed by atoms with Crippen LogP contribution in [0.1, 0.15) is 26.7 Å². The Balaban J connectivity index is 0. The van der Waals surface area contributed by atoms with Gasteiger partial charge in [0.15, 0.2) is 0 Å². The van der Waals surface area contributed by atoms with E-state index in [2.05, 4.69) is 13.8 Å². The smallest absolute Gasteiger partial charge is 0.0463 e. The molecule has 0 aliphatic heterocycles. The van der Waals surface area contributed by atoms with Crippen LogP contribution in [0.15, 0.2) is 0 Å². The van der Waals surface area contributed by atoms with Crippen molar-refractivity contribution in [2.45, 2.75) is 26.7 Å². The Kier molecular flexibility index (Phi) is 19.0. The highest BCUT2D eigenvalue weighted by Crippen LogP contribution is 1.81. The van der Waals surface area contributed by atoms with Gasteiger partial charge < -0.3 is 4.74 Å². The number of rotatable bonds is 4.